The minimum absolute atomic E-state index is 0.0632. The maximum atomic E-state index is 12.4. The summed E-state index contributed by atoms with van der Waals surface area (Å²) < 4.78 is 5.32. The van der Waals surface area contributed by atoms with E-state index in [9.17, 15) is 14.7 Å². The van der Waals surface area contributed by atoms with Crippen LogP contribution in [0.25, 0.3) is 10.9 Å². The van der Waals surface area contributed by atoms with Gasteiger partial charge in [-0.2, -0.15) is 0 Å². The maximum absolute atomic E-state index is 12.4. The van der Waals surface area contributed by atoms with Crippen molar-refractivity contribution in [1.82, 2.24) is 9.88 Å². The molecule has 1 aliphatic rings. The highest BCUT2D eigenvalue weighted by molar-refractivity contribution is 5.95. The molecule has 1 aromatic carbocycles. The fraction of sp³-hybridized carbons (Fsp3) is 0.444. The molecular formula is C18H22N2O4. The molecule has 0 aliphatic carbocycles. The molecule has 2 heterocycles. The zero-order valence-corrected chi connectivity index (χ0v) is 14.1. The summed E-state index contributed by atoms with van der Waals surface area (Å²) in [5.74, 6) is -0.401. The van der Waals surface area contributed by atoms with Gasteiger partial charge < -0.3 is 14.8 Å². The predicted octanol–water partition coefficient (Wildman–Crippen LogP) is 2.61. The van der Waals surface area contributed by atoms with Crippen LogP contribution in [0, 0.1) is 0 Å². The Morgan fingerprint density at radius 1 is 1.38 bits per heavy atom. The SMILES string of the molecule is CC(C)(C)OC(=O)N1C(=O)C[C@@H](O)[C@H]1Cc1c[nH]c2ccccc12. The number of carbonyl (C=O) groups is 2. The van der Waals surface area contributed by atoms with Gasteiger partial charge in [0.15, 0.2) is 0 Å². The number of H-pyrrole nitrogens is 1. The van der Waals surface area contributed by atoms with E-state index in [4.69, 9.17) is 4.74 Å². The first kappa shape index (κ1) is 16.5. The number of aromatic amines is 1. The molecular weight excluding hydrogens is 308 g/mol. The zero-order valence-electron chi connectivity index (χ0n) is 14.1. The number of likely N-dealkylation sites (tertiary alicyclic amines) is 1. The van der Waals surface area contributed by atoms with Crippen LogP contribution in [0.2, 0.25) is 0 Å². The molecule has 0 unspecified atom stereocenters. The van der Waals surface area contributed by atoms with Gasteiger partial charge in [-0.3, -0.25) is 4.79 Å². The molecule has 2 atom stereocenters. The number of imide groups is 1. The monoisotopic (exact) mass is 330 g/mol. The van der Waals surface area contributed by atoms with Gasteiger partial charge in [0, 0.05) is 17.1 Å². The van der Waals surface area contributed by atoms with Crippen LogP contribution in [0.5, 0.6) is 0 Å². The number of nitrogens with zero attached hydrogens (tertiary/aromatic N) is 1. The number of ether oxygens (including phenoxy) is 1. The Morgan fingerprint density at radius 3 is 2.79 bits per heavy atom. The summed E-state index contributed by atoms with van der Waals surface area (Å²) in [5, 5.41) is 11.3. The van der Waals surface area contributed by atoms with E-state index in [2.05, 4.69) is 4.98 Å². The summed E-state index contributed by atoms with van der Waals surface area (Å²) in [5.41, 5.74) is 1.24. The van der Waals surface area contributed by atoms with Gasteiger partial charge in [-0.25, -0.2) is 9.69 Å². The molecule has 3 rings (SSSR count). The lowest BCUT2D eigenvalue weighted by molar-refractivity contribution is -0.128. The Balaban J connectivity index is 1.86. The van der Waals surface area contributed by atoms with Crippen molar-refractivity contribution in [1.29, 1.82) is 0 Å². The summed E-state index contributed by atoms with van der Waals surface area (Å²) in [6.07, 6.45) is 0.586. The Morgan fingerprint density at radius 2 is 2.08 bits per heavy atom. The molecule has 2 amide bonds. The molecule has 2 N–H and O–H groups in total. The summed E-state index contributed by atoms with van der Waals surface area (Å²) in [7, 11) is 0. The van der Waals surface area contributed by atoms with Crippen LogP contribution in [0.4, 0.5) is 4.79 Å². The van der Waals surface area contributed by atoms with Crippen molar-refractivity contribution < 1.29 is 19.4 Å². The quantitative estimate of drug-likeness (QED) is 0.887. The Kier molecular flexibility index (Phi) is 4.09. The second-order valence-electron chi connectivity index (χ2n) is 7.15. The number of benzene rings is 1. The first-order valence-electron chi connectivity index (χ1n) is 8.04. The molecule has 24 heavy (non-hydrogen) atoms. The number of nitrogens with one attached hydrogen (secondary N) is 1. The average molecular weight is 330 g/mol. The van der Waals surface area contributed by atoms with Gasteiger partial charge in [-0.1, -0.05) is 18.2 Å². The number of aromatic nitrogens is 1. The van der Waals surface area contributed by atoms with Gasteiger partial charge in [0.25, 0.3) is 0 Å². The van der Waals surface area contributed by atoms with Crippen LogP contribution in [0.1, 0.15) is 32.8 Å². The van der Waals surface area contributed by atoms with Crippen LogP contribution < -0.4 is 0 Å². The molecule has 0 bridgehead atoms. The third-order valence-electron chi connectivity index (χ3n) is 4.12. The second kappa shape index (κ2) is 5.94. The van der Waals surface area contributed by atoms with E-state index < -0.39 is 29.7 Å². The molecule has 1 saturated heterocycles. The van der Waals surface area contributed by atoms with Gasteiger partial charge in [0.1, 0.15) is 5.60 Å². The Hall–Kier alpha value is -2.34. The van der Waals surface area contributed by atoms with E-state index in [1.54, 1.807) is 20.8 Å². The molecule has 128 valence electrons. The number of aliphatic hydroxyl groups excluding tert-OH is 1. The van der Waals surface area contributed by atoms with E-state index in [0.717, 1.165) is 21.4 Å². The highest BCUT2D eigenvalue weighted by Gasteiger charge is 2.44. The molecule has 1 aliphatic heterocycles. The number of fused-ring (bicyclic) bond motifs is 1. The van der Waals surface area contributed by atoms with Crippen LogP contribution in [-0.4, -0.2) is 44.7 Å². The van der Waals surface area contributed by atoms with Crippen molar-refractivity contribution in [2.24, 2.45) is 0 Å². The number of aliphatic hydroxyl groups is 1. The smallest absolute Gasteiger partial charge is 0.417 e. The third kappa shape index (κ3) is 3.14. The first-order chi connectivity index (χ1) is 11.3. The Labute approximate surface area is 140 Å². The maximum Gasteiger partial charge on any atom is 0.417 e. The fourth-order valence-corrected chi connectivity index (χ4v) is 3.07. The minimum Gasteiger partial charge on any atom is -0.443 e. The normalized spacial score (nSPS) is 21.5. The highest BCUT2D eigenvalue weighted by Crippen LogP contribution is 2.28. The van der Waals surface area contributed by atoms with Crippen LogP contribution in [-0.2, 0) is 16.0 Å². The van der Waals surface area contributed by atoms with Gasteiger partial charge in [-0.05, 0) is 38.8 Å². The summed E-state index contributed by atoms with van der Waals surface area (Å²) in [6.45, 7) is 5.24. The first-order valence-corrected chi connectivity index (χ1v) is 8.04. The van der Waals surface area contributed by atoms with Crippen LogP contribution in [0.3, 0.4) is 0 Å². The molecule has 6 nitrogen and oxygen atoms in total. The van der Waals surface area contributed by atoms with Crippen LogP contribution in [0.15, 0.2) is 30.5 Å². The van der Waals surface area contributed by atoms with Gasteiger partial charge in [0.2, 0.25) is 5.91 Å². The minimum atomic E-state index is -0.890. The highest BCUT2D eigenvalue weighted by atomic mass is 16.6. The Bertz CT molecular complexity index is 775. The number of carbonyl (C=O) groups excluding carboxylic acids is 2. The van der Waals surface area contributed by atoms with Crippen LogP contribution >= 0.6 is 0 Å². The number of hydrogen-bond donors (Lipinski definition) is 2. The summed E-state index contributed by atoms with van der Waals surface area (Å²) >= 11 is 0. The number of hydrogen-bond acceptors (Lipinski definition) is 4. The topological polar surface area (TPSA) is 82.6 Å². The van der Waals surface area contributed by atoms with E-state index >= 15 is 0 Å². The predicted molar refractivity (Wildman–Crippen MR) is 89.5 cm³/mol. The van der Waals surface area contributed by atoms with Crippen molar-refractivity contribution >= 4 is 22.9 Å². The largest absolute Gasteiger partial charge is 0.443 e. The second-order valence-corrected chi connectivity index (χ2v) is 7.15. The van der Waals surface area contributed by atoms with Crippen molar-refractivity contribution in [2.45, 2.75) is 51.4 Å². The molecule has 0 saturated carbocycles. The summed E-state index contributed by atoms with van der Waals surface area (Å²) in [4.78, 5) is 28.8. The van der Waals surface area contributed by atoms with Gasteiger partial charge >= 0.3 is 6.09 Å². The average Bonchev–Trinajstić information content (AvgIpc) is 2.99. The van der Waals surface area contributed by atoms with Crippen molar-refractivity contribution in [3.05, 3.63) is 36.0 Å². The summed E-state index contributed by atoms with van der Waals surface area (Å²) in [6, 6.07) is 7.18. The van der Waals surface area contributed by atoms with E-state index in [1.807, 2.05) is 30.5 Å². The standard InChI is InChI=1S/C18H22N2O4/c1-18(2,3)24-17(23)20-14(15(21)9-16(20)22)8-11-10-19-13-7-5-4-6-12(11)13/h4-7,10,14-15,19,21H,8-9H2,1-3H3/t14-,15-/m1/s1. The number of amides is 2. The fourth-order valence-electron chi connectivity index (χ4n) is 3.07. The molecule has 1 fully saturated rings. The third-order valence-corrected chi connectivity index (χ3v) is 4.12. The molecule has 1 aromatic heterocycles. The lowest BCUT2D eigenvalue weighted by Crippen LogP contribution is -2.45. The van der Waals surface area contributed by atoms with E-state index in [0.29, 0.717) is 6.42 Å². The van der Waals surface area contributed by atoms with Crippen molar-refractivity contribution in [2.75, 3.05) is 0 Å². The lowest BCUT2D eigenvalue weighted by Gasteiger charge is -2.28. The van der Waals surface area contributed by atoms with E-state index in [-0.39, 0.29) is 6.42 Å². The number of rotatable bonds is 2. The van der Waals surface area contributed by atoms with Crippen molar-refractivity contribution in [3.63, 3.8) is 0 Å². The molecule has 6 heteroatoms. The van der Waals surface area contributed by atoms with Crippen molar-refractivity contribution in [3.8, 4) is 0 Å². The zero-order chi connectivity index (χ0) is 17.5. The van der Waals surface area contributed by atoms with E-state index in [1.165, 1.54) is 0 Å². The molecule has 0 radical (unpaired) electrons. The van der Waals surface area contributed by atoms with Gasteiger partial charge in [-0.15, -0.1) is 0 Å². The van der Waals surface area contributed by atoms with Gasteiger partial charge in [0.05, 0.1) is 18.6 Å². The molecule has 0 spiro atoms. The molecule has 2 aromatic rings. The number of para-hydroxylation sites is 1. The lowest BCUT2D eigenvalue weighted by atomic mass is 10.0.